The number of aryl methyl sites for hydroxylation is 1. The molecular formula is C14H24N2O3S. The van der Waals surface area contributed by atoms with Crippen molar-refractivity contribution in [1.29, 1.82) is 0 Å². The Hall–Kier alpha value is -0.980. The molecule has 5 nitrogen and oxygen atoms in total. The van der Waals surface area contributed by atoms with Gasteiger partial charge in [0.1, 0.15) is 16.0 Å². The van der Waals surface area contributed by atoms with Crippen molar-refractivity contribution < 1.29 is 14.6 Å². The lowest BCUT2D eigenvalue weighted by molar-refractivity contribution is 0.0314. The van der Waals surface area contributed by atoms with Gasteiger partial charge in [0.15, 0.2) is 0 Å². The van der Waals surface area contributed by atoms with Crippen LogP contribution in [0.5, 0.6) is 0 Å². The van der Waals surface area contributed by atoms with E-state index in [-0.39, 0.29) is 18.6 Å². The van der Waals surface area contributed by atoms with E-state index in [0.717, 1.165) is 5.01 Å². The molecule has 6 heteroatoms. The zero-order valence-electron chi connectivity index (χ0n) is 12.8. The molecule has 0 bridgehead atoms. The van der Waals surface area contributed by atoms with E-state index in [4.69, 9.17) is 4.74 Å². The highest BCUT2D eigenvalue weighted by Gasteiger charge is 2.24. The number of rotatable bonds is 7. The molecule has 0 saturated heterocycles. The van der Waals surface area contributed by atoms with Crippen molar-refractivity contribution in [2.45, 2.75) is 52.2 Å². The van der Waals surface area contributed by atoms with Gasteiger partial charge in [0.25, 0.3) is 5.91 Å². The van der Waals surface area contributed by atoms with Gasteiger partial charge in [-0.15, -0.1) is 11.3 Å². The summed E-state index contributed by atoms with van der Waals surface area (Å²) in [6.45, 7) is 7.78. The monoisotopic (exact) mass is 300 g/mol. The molecule has 0 aliphatic heterocycles. The zero-order valence-corrected chi connectivity index (χ0v) is 13.6. The maximum atomic E-state index is 12.2. The highest BCUT2D eigenvalue weighted by atomic mass is 32.1. The molecular weight excluding hydrogens is 276 g/mol. The van der Waals surface area contributed by atoms with E-state index in [9.17, 15) is 9.90 Å². The van der Waals surface area contributed by atoms with Crippen LogP contribution in [0, 0.1) is 6.92 Å². The fourth-order valence-corrected chi connectivity index (χ4v) is 2.74. The number of carbonyl (C=O) groups is 1. The lowest BCUT2D eigenvalue weighted by Gasteiger charge is -2.25. The second kappa shape index (κ2) is 7.15. The van der Waals surface area contributed by atoms with Gasteiger partial charge in [0.05, 0.1) is 11.3 Å². The summed E-state index contributed by atoms with van der Waals surface area (Å²) in [6.07, 6.45) is 1.10. The van der Waals surface area contributed by atoms with Crippen molar-refractivity contribution in [3.8, 4) is 0 Å². The van der Waals surface area contributed by atoms with Crippen LogP contribution in [-0.4, -0.2) is 35.3 Å². The number of hydrogen-bond donors (Lipinski definition) is 2. The SMILES string of the molecule is CCC(O)(CC)CNC(=O)c1sc(C(C)OC)nc1C. The zero-order chi connectivity index (χ0) is 15.3. The largest absolute Gasteiger partial charge is 0.388 e. The van der Waals surface area contributed by atoms with Crippen molar-refractivity contribution in [2.24, 2.45) is 0 Å². The van der Waals surface area contributed by atoms with Crippen molar-refractivity contribution in [2.75, 3.05) is 13.7 Å². The van der Waals surface area contributed by atoms with Crippen LogP contribution in [0.25, 0.3) is 0 Å². The Morgan fingerprint density at radius 2 is 2.10 bits per heavy atom. The highest BCUT2D eigenvalue weighted by molar-refractivity contribution is 7.13. The van der Waals surface area contributed by atoms with Crippen LogP contribution in [0.2, 0.25) is 0 Å². The molecule has 0 radical (unpaired) electrons. The topological polar surface area (TPSA) is 71.5 Å². The third-order valence-corrected chi connectivity index (χ3v) is 4.93. The minimum absolute atomic E-state index is 0.122. The Balaban J connectivity index is 2.76. The van der Waals surface area contributed by atoms with Gasteiger partial charge in [-0.2, -0.15) is 0 Å². The smallest absolute Gasteiger partial charge is 0.263 e. The normalized spacial score (nSPS) is 13.3. The second-order valence-corrected chi connectivity index (χ2v) is 5.99. The standard InChI is InChI=1S/C14H24N2O3S/c1-6-14(18,7-2)8-15-12(17)11-9(3)16-13(20-11)10(4)19-5/h10,18H,6-8H2,1-5H3,(H,15,17). The first-order valence-electron chi connectivity index (χ1n) is 6.87. The number of aliphatic hydroxyl groups is 1. The molecule has 1 atom stereocenters. The molecule has 0 fully saturated rings. The fourth-order valence-electron chi connectivity index (χ4n) is 1.73. The molecule has 0 spiro atoms. The molecule has 1 heterocycles. The highest BCUT2D eigenvalue weighted by Crippen LogP contribution is 2.25. The summed E-state index contributed by atoms with van der Waals surface area (Å²) in [7, 11) is 1.61. The summed E-state index contributed by atoms with van der Waals surface area (Å²) in [4.78, 5) is 17.1. The molecule has 2 N–H and O–H groups in total. The van der Waals surface area contributed by atoms with E-state index >= 15 is 0 Å². The number of ether oxygens (including phenoxy) is 1. The van der Waals surface area contributed by atoms with Crippen LogP contribution >= 0.6 is 11.3 Å². The van der Waals surface area contributed by atoms with E-state index < -0.39 is 5.60 Å². The minimum Gasteiger partial charge on any atom is -0.388 e. The number of hydrogen-bond acceptors (Lipinski definition) is 5. The average Bonchev–Trinajstić information content (AvgIpc) is 2.85. The summed E-state index contributed by atoms with van der Waals surface area (Å²) >= 11 is 1.34. The lowest BCUT2D eigenvalue weighted by atomic mass is 9.97. The predicted molar refractivity (Wildman–Crippen MR) is 80.1 cm³/mol. The Kier molecular flexibility index (Phi) is 6.10. The Morgan fingerprint density at radius 3 is 2.60 bits per heavy atom. The van der Waals surface area contributed by atoms with Gasteiger partial charge >= 0.3 is 0 Å². The fraction of sp³-hybridized carbons (Fsp3) is 0.714. The van der Waals surface area contributed by atoms with Crippen molar-refractivity contribution >= 4 is 17.2 Å². The molecule has 0 aliphatic rings. The second-order valence-electron chi connectivity index (χ2n) is 4.96. The van der Waals surface area contributed by atoms with Gasteiger partial charge in [-0.1, -0.05) is 13.8 Å². The third-order valence-electron chi connectivity index (χ3n) is 3.61. The van der Waals surface area contributed by atoms with E-state index in [1.165, 1.54) is 11.3 Å². The summed E-state index contributed by atoms with van der Waals surface area (Å²) in [5.41, 5.74) is -0.139. The number of methoxy groups -OCH3 is 1. The number of amides is 1. The van der Waals surface area contributed by atoms with Gasteiger partial charge in [-0.05, 0) is 26.7 Å². The number of carbonyl (C=O) groups excluding carboxylic acids is 1. The summed E-state index contributed by atoms with van der Waals surface area (Å²) in [5.74, 6) is -0.185. The van der Waals surface area contributed by atoms with Crippen LogP contribution < -0.4 is 5.32 Å². The number of aromatic nitrogens is 1. The van der Waals surface area contributed by atoms with E-state index in [0.29, 0.717) is 23.4 Å². The average molecular weight is 300 g/mol. The Labute approximate surface area is 124 Å². The van der Waals surface area contributed by atoms with Gasteiger partial charge < -0.3 is 15.2 Å². The summed E-state index contributed by atoms with van der Waals surface area (Å²) < 4.78 is 5.21. The van der Waals surface area contributed by atoms with Crippen molar-refractivity contribution in [1.82, 2.24) is 10.3 Å². The molecule has 1 unspecified atom stereocenters. The van der Waals surface area contributed by atoms with Crippen LogP contribution in [0.1, 0.15) is 60.1 Å². The number of nitrogens with one attached hydrogen (secondary N) is 1. The summed E-state index contributed by atoms with van der Waals surface area (Å²) in [5, 5.41) is 13.8. The first-order chi connectivity index (χ1) is 9.36. The van der Waals surface area contributed by atoms with Crippen LogP contribution in [-0.2, 0) is 4.74 Å². The summed E-state index contributed by atoms with van der Waals surface area (Å²) in [6, 6.07) is 0. The van der Waals surface area contributed by atoms with E-state index in [2.05, 4.69) is 10.3 Å². The molecule has 0 aromatic carbocycles. The van der Waals surface area contributed by atoms with E-state index in [1.54, 1.807) is 7.11 Å². The first kappa shape index (κ1) is 17.1. The number of thiazole rings is 1. The Morgan fingerprint density at radius 1 is 1.50 bits per heavy atom. The van der Waals surface area contributed by atoms with Gasteiger partial charge in [0, 0.05) is 13.7 Å². The van der Waals surface area contributed by atoms with Gasteiger partial charge in [-0.3, -0.25) is 4.79 Å². The van der Waals surface area contributed by atoms with Crippen LogP contribution in [0.15, 0.2) is 0 Å². The third kappa shape index (κ3) is 4.01. The molecule has 114 valence electrons. The molecule has 1 aromatic rings. The first-order valence-corrected chi connectivity index (χ1v) is 7.69. The van der Waals surface area contributed by atoms with Crippen molar-refractivity contribution in [3.05, 3.63) is 15.6 Å². The number of nitrogens with zero attached hydrogens (tertiary/aromatic N) is 1. The van der Waals surface area contributed by atoms with Crippen LogP contribution in [0.3, 0.4) is 0 Å². The maximum absolute atomic E-state index is 12.2. The molecule has 0 aliphatic carbocycles. The predicted octanol–water partition coefficient (Wildman–Crippen LogP) is 2.44. The molecule has 1 amide bonds. The van der Waals surface area contributed by atoms with Gasteiger partial charge in [0.2, 0.25) is 0 Å². The van der Waals surface area contributed by atoms with Crippen LogP contribution in [0.4, 0.5) is 0 Å². The van der Waals surface area contributed by atoms with Gasteiger partial charge in [-0.25, -0.2) is 4.98 Å². The molecule has 0 saturated carbocycles. The van der Waals surface area contributed by atoms with Crippen molar-refractivity contribution in [3.63, 3.8) is 0 Å². The lowest BCUT2D eigenvalue weighted by Crippen LogP contribution is -2.42. The molecule has 1 aromatic heterocycles. The minimum atomic E-state index is -0.836. The van der Waals surface area contributed by atoms with E-state index in [1.807, 2.05) is 27.7 Å². The quantitative estimate of drug-likeness (QED) is 0.811. The molecule has 1 rings (SSSR count). The molecule has 20 heavy (non-hydrogen) atoms. The maximum Gasteiger partial charge on any atom is 0.263 e. The Bertz CT molecular complexity index is 455.